The molecule has 0 aliphatic carbocycles. The predicted molar refractivity (Wildman–Crippen MR) is 75.7 cm³/mol. The van der Waals surface area contributed by atoms with Gasteiger partial charge in [-0.2, -0.15) is 8.78 Å². The Morgan fingerprint density at radius 3 is 2.71 bits per heavy atom. The average Bonchev–Trinajstić information content (AvgIpc) is 2.41. The summed E-state index contributed by atoms with van der Waals surface area (Å²) in [6.45, 7) is 0.551. The van der Waals surface area contributed by atoms with Crippen molar-refractivity contribution >= 4 is 11.7 Å². The maximum absolute atomic E-state index is 12.4. The minimum atomic E-state index is -2.96. The minimum absolute atomic E-state index is 0.0388. The number of halogens is 2. The van der Waals surface area contributed by atoms with Gasteiger partial charge in [0.15, 0.2) is 0 Å². The highest BCUT2D eigenvalue weighted by Crippen LogP contribution is 2.29. The number of amides is 2. The molecule has 0 heterocycles. The average molecular weight is 302 g/mol. The number of carbonyl (C=O) groups is 1. The first kappa shape index (κ1) is 17.2. The lowest BCUT2D eigenvalue weighted by Crippen LogP contribution is -2.38. The number of carbonyl (C=O) groups excluding carboxylic acids is 1. The maximum Gasteiger partial charge on any atom is 0.387 e. The van der Waals surface area contributed by atoms with Gasteiger partial charge in [-0.05, 0) is 31.4 Å². The maximum atomic E-state index is 12.4. The quantitative estimate of drug-likeness (QED) is 0.725. The van der Waals surface area contributed by atoms with Gasteiger partial charge in [-0.1, -0.05) is 19.1 Å². The van der Waals surface area contributed by atoms with E-state index in [1.165, 1.54) is 6.07 Å². The smallest absolute Gasteiger partial charge is 0.387 e. The van der Waals surface area contributed by atoms with Crippen molar-refractivity contribution < 1.29 is 23.4 Å². The second-order valence-corrected chi connectivity index (χ2v) is 4.54. The molecule has 0 saturated heterocycles. The van der Waals surface area contributed by atoms with E-state index in [1.807, 2.05) is 6.92 Å². The van der Waals surface area contributed by atoms with E-state index < -0.39 is 12.6 Å². The van der Waals surface area contributed by atoms with Crippen LogP contribution in [0.1, 0.15) is 25.3 Å². The summed E-state index contributed by atoms with van der Waals surface area (Å²) in [4.78, 5) is 11.9. The van der Waals surface area contributed by atoms with Crippen molar-refractivity contribution in [1.29, 1.82) is 0 Å². The molecular formula is C14H20F2N2O3. The molecule has 118 valence electrons. The second-order valence-electron chi connectivity index (χ2n) is 4.54. The van der Waals surface area contributed by atoms with Crippen molar-refractivity contribution in [2.45, 2.75) is 39.3 Å². The van der Waals surface area contributed by atoms with Crippen molar-refractivity contribution in [3.8, 4) is 5.75 Å². The van der Waals surface area contributed by atoms with E-state index in [2.05, 4.69) is 15.4 Å². The van der Waals surface area contributed by atoms with E-state index in [0.29, 0.717) is 18.4 Å². The summed E-state index contributed by atoms with van der Waals surface area (Å²) in [7, 11) is 0. The van der Waals surface area contributed by atoms with Crippen LogP contribution >= 0.6 is 0 Å². The number of anilines is 1. The summed E-state index contributed by atoms with van der Waals surface area (Å²) in [5.74, 6) is -0.0876. The van der Waals surface area contributed by atoms with Gasteiger partial charge in [-0.25, -0.2) is 4.79 Å². The fourth-order valence-electron chi connectivity index (χ4n) is 1.86. The van der Waals surface area contributed by atoms with Crippen LogP contribution in [-0.2, 0) is 0 Å². The number of para-hydroxylation sites is 1. The summed E-state index contributed by atoms with van der Waals surface area (Å²) in [5, 5.41) is 14.1. The summed E-state index contributed by atoms with van der Waals surface area (Å²) in [5.41, 5.74) is 0.813. The Bertz CT molecular complexity index is 470. The molecule has 1 atom stereocenters. The molecule has 0 aliphatic heterocycles. The van der Waals surface area contributed by atoms with E-state index in [-0.39, 0.29) is 24.1 Å². The number of aliphatic hydroxyl groups is 1. The molecule has 1 rings (SSSR count). The van der Waals surface area contributed by atoms with Crippen LogP contribution in [0.3, 0.4) is 0 Å². The highest BCUT2D eigenvalue weighted by molar-refractivity contribution is 5.92. The lowest BCUT2D eigenvalue weighted by atomic mass is 10.1. The van der Waals surface area contributed by atoms with Gasteiger partial charge in [-0.15, -0.1) is 0 Å². The van der Waals surface area contributed by atoms with Crippen molar-refractivity contribution in [3.63, 3.8) is 0 Å². The molecule has 1 aromatic carbocycles. The Morgan fingerprint density at radius 2 is 2.14 bits per heavy atom. The Labute approximate surface area is 122 Å². The predicted octanol–water partition coefficient (Wildman–Crippen LogP) is 2.88. The number of nitrogens with one attached hydrogen (secondary N) is 2. The fourth-order valence-corrected chi connectivity index (χ4v) is 1.86. The fraction of sp³-hybridized carbons (Fsp3) is 0.500. The molecule has 1 unspecified atom stereocenters. The zero-order valence-corrected chi connectivity index (χ0v) is 12.0. The summed E-state index contributed by atoms with van der Waals surface area (Å²) in [6, 6.07) is 3.90. The number of urea groups is 1. The van der Waals surface area contributed by atoms with Gasteiger partial charge < -0.3 is 20.5 Å². The molecule has 0 aromatic heterocycles. The SMILES string of the molecule is CCC(CCO)NC(=O)Nc1c(C)cccc1OC(F)F. The molecule has 0 radical (unpaired) electrons. The molecule has 0 saturated carbocycles. The Hall–Kier alpha value is -1.89. The minimum Gasteiger partial charge on any atom is -0.433 e. The van der Waals surface area contributed by atoms with E-state index in [0.717, 1.165) is 0 Å². The first-order valence-electron chi connectivity index (χ1n) is 6.70. The van der Waals surface area contributed by atoms with Gasteiger partial charge in [-0.3, -0.25) is 0 Å². The first-order chi connectivity index (χ1) is 9.97. The number of benzene rings is 1. The number of ether oxygens (including phenoxy) is 1. The molecule has 0 aliphatic rings. The van der Waals surface area contributed by atoms with Crippen LogP contribution < -0.4 is 15.4 Å². The number of alkyl halides is 2. The molecule has 0 bridgehead atoms. The number of aliphatic hydroxyl groups excluding tert-OH is 1. The molecular weight excluding hydrogens is 282 g/mol. The first-order valence-corrected chi connectivity index (χ1v) is 6.70. The van der Waals surface area contributed by atoms with Crippen molar-refractivity contribution in [2.24, 2.45) is 0 Å². The van der Waals surface area contributed by atoms with Crippen LogP contribution in [0.2, 0.25) is 0 Å². The van der Waals surface area contributed by atoms with E-state index >= 15 is 0 Å². The third kappa shape index (κ3) is 5.55. The van der Waals surface area contributed by atoms with Gasteiger partial charge in [0.05, 0.1) is 5.69 Å². The highest BCUT2D eigenvalue weighted by atomic mass is 19.3. The van der Waals surface area contributed by atoms with E-state index in [4.69, 9.17) is 5.11 Å². The largest absolute Gasteiger partial charge is 0.433 e. The molecule has 5 nitrogen and oxygen atoms in total. The summed E-state index contributed by atoms with van der Waals surface area (Å²) < 4.78 is 29.1. The molecule has 0 spiro atoms. The zero-order chi connectivity index (χ0) is 15.8. The van der Waals surface area contributed by atoms with Crippen molar-refractivity contribution in [1.82, 2.24) is 5.32 Å². The third-order valence-corrected chi connectivity index (χ3v) is 2.99. The van der Waals surface area contributed by atoms with Crippen LogP contribution in [0.25, 0.3) is 0 Å². The topological polar surface area (TPSA) is 70.6 Å². The van der Waals surface area contributed by atoms with E-state index in [1.54, 1.807) is 19.1 Å². The number of hydrogen-bond acceptors (Lipinski definition) is 3. The molecule has 2 amide bonds. The molecule has 7 heteroatoms. The summed E-state index contributed by atoms with van der Waals surface area (Å²) >= 11 is 0. The van der Waals surface area contributed by atoms with Gasteiger partial charge >= 0.3 is 12.6 Å². The number of hydrogen-bond donors (Lipinski definition) is 3. The number of aryl methyl sites for hydroxylation is 1. The summed E-state index contributed by atoms with van der Waals surface area (Å²) in [6.07, 6.45) is 1.08. The van der Waals surface area contributed by atoms with Crippen LogP contribution in [0, 0.1) is 6.92 Å². The zero-order valence-electron chi connectivity index (χ0n) is 12.0. The monoisotopic (exact) mass is 302 g/mol. The molecule has 0 fully saturated rings. The van der Waals surface area contributed by atoms with Crippen LogP contribution in [-0.4, -0.2) is 30.4 Å². The Balaban J connectivity index is 2.79. The second kappa shape index (κ2) is 8.41. The van der Waals surface area contributed by atoms with Crippen LogP contribution in [0.5, 0.6) is 5.75 Å². The van der Waals surface area contributed by atoms with Gasteiger partial charge in [0.2, 0.25) is 0 Å². The normalized spacial score (nSPS) is 12.1. The standard InChI is InChI=1S/C14H20F2N2O3/c1-3-10(7-8-19)17-14(20)18-12-9(2)5-4-6-11(12)21-13(15)16/h4-6,10,13,19H,3,7-8H2,1-2H3,(H2,17,18,20). The van der Waals surface area contributed by atoms with Crippen molar-refractivity contribution in [2.75, 3.05) is 11.9 Å². The molecule has 3 N–H and O–H groups in total. The van der Waals surface area contributed by atoms with Gasteiger partial charge in [0.25, 0.3) is 0 Å². The molecule has 21 heavy (non-hydrogen) atoms. The highest BCUT2D eigenvalue weighted by Gasteiger charge is 2.15. The van der Waals surface area contributed by atoms with Crippen LogP contribution in [0.15, 0.2) is 18.2 Å². The lowest BCUT2D eigenvalue weighted by molar-refractivity contribution is -0.0493. The van der Waals surface area contributed by atoms with Gasteiger partial charge in [0, 0.05) is 12.6 Å². The lowest BCUT2D eigenvalue weighted by Gasteiger charge is -2.18. The number of rotatable bonds is 7. The molecule has 1 aromatic rings. The van der Waals surface area contributed by atoms with Gasteiger partial charge in [0.1, 0.15) is 5.75 Å². The van der Waals surface area contributed by atoms with Crippen molar-refractivity contribution in [3.05, 3.63) is 23.8 Å². The van der Waals surface area contributed by atoms with E-state index in [9.17, 15) is 13.6 Å². The Morgan fingerprint density at radius 1 is 1.43 bits per heavy atom. The Kier molecular flexibility index (Phi) is 6.87. The third-order valence-electron chi connectivity index (χ3n) is 2.99. The van der Waals surface area contributed by atoms with Crippen LogP contribution in [0.4, 0.5) is 19.3 Å².